The molecule has 0 bridgehead atoms. The SMILES string of the molecule is O=S(=O)([O-])CC(O)S(=O)(=O)[O-].O=S(=O)([O-])CC(O)S(=O)(=O)[O-].[Na+].[Na+].[Na+].[Na+]. The van der Waals surface area contributed by atoms with Gasteiger partial charge in [-0.3, -0.25) is 0 Å². The topological polar surface area (TPSA) is 269 Å². The average molecular weight is 500 g/mol. The number of hydrogen-bond acceptors (Lipinski definition) is 14. The predicted molar refractivity (Wildman–Crippen MR) is 60.5 cm³/mol. The third-order valence-corrected chi connectivity index (χ3v) is 4.90. The normalized spacial score (nSPS) is 13.8. The zero-order chi connectivity index (χ0) is 18.6. The summed E-state index contributed by atoms with van der Waals surface area (Å²) in [6.45, 7) is 0. The van der Waals surface area contributed by atoms with E-state index in [0.29, 0.717) is 0 Å². The van der Waals surface area contributed by atoms with Gasteiger partial charge in [-0.1, -0.05) is 0 Å². The number of hydrogen-bond donors (Lipinski definition) is 2. The van der Waals surface area contributed by atoms with E-state index >= 15 is 0 Å². The summed E-state index contributed by atoms with van der Waals surface area (Å²) in [6, 6.07) is 0. The van der Waals surface area contributed by atoms with E-state index in [-0.39, 0.29) is 118 Å². The largest absolute Gasteiger partial charge is 1.00 e. The van der Waals surface area contributed by atoms with Crippen molar-refractivity contribution in [2.24, 2.45) is 0 Å². The van der Waals surface area contributed by atoms with Crippen LogP contribution in [0, 0.1) is 0 Å². The average Bonchev–Trinajstić information content (AvgIpc) is 2.09. The first kappa shape index (κ1) is 43.4. The Balaban J connectivity index is -0.0000000667. The predicted octanol–water partition coefficient (Wildman–Crippen LogP) is -17.2. The Morgan fingerprint density at radius 2 is 0.692 bits per heavy atom. The Hall–Kier alpha value is 3.56. The minimum Gasteiger partial charge on any atom is -0.748 e. The fourth-order valence-electron chi connectivity index (χ4n) is 0.516. The van der Waals surface area contributed by atoms with Gasteiger partial charge in [0, 0.05) is 0 Å². The third kappa shape index (κ3) is 29.8. The number of aliphatic hydroxyl groups excluding tert-OH is 2. The summed E-state index contributed by atoms with van der Waals surface area (Å²) in [6.07, 6.45) is 0. The number of rotatable bonds is 6. The summed E-state index contributed by atoms with van der Waals surface area (Å²) in [4.78, 5) is 0. The molecule has 0 aliphatic carbocycles. The van der Waals surface area contributed by atoms with Gasteiger partial charge >= 0.3 is 118 Å². The summed E-state index contributed by atoms with van der Waals surface area (Å²) in [5.74, 6) is -3.22. The maximum absolute atomic E-state index is 9.80. The van der Waals surface area contributed by atoms with E-state index in [0.717, 1.165) is 0 Å². The Kier molecular flexibility index (Phi) is 28.7. The maximum Gasteiger partial charge on any atom is 1.00 e. The molecule has 0 rings (SSSR count). The molecule has 22 heteroatoms. The van der Waals surface area contributed by atoms with Crippen LogP contribution in [0.1, 0.15) is 0 Å². The molecule has 0 saturated heterocycles. The molecule has 0 aromatic carbocycles. The van der Waals surface area contributed by atoms with Crippen LogP contribution in [0.3, 0.4) is 0 Å². The minimum atomic E-state index is -5.11. The van der Waals surface area contributed by atoms with Gasteiger partial charge in [-0.05, 0) is 0 Å². The second-order valence-electron chi connectivity index (χ2n) is 3.34. The van der Waals surface area contributed by atoms with Crippen molar-refractivity contribution in [1.29, 1.82) is 0 Å². The van der Waals surface area contributed by atoms with E-state index in [9.17, 15) is 51.9 Å². The molecule has 2 N–H and O–H groups in total. The van der Waals surface area contributed by atoms with Gasteiger partial charge in [-0.25, -0.2) is 33.7 Å². The molecule has 0 amide bonds. The first-order chi connectivity index (χ1) is 9.26. The van der Waals surface area contributed by atoms with Gasteiger partial charge in [0.1, 0.15) is 20.2 Å². The van der Waals surface area contributed by atoms with Crippen molar-refractivity contribution in [2.45, 2.75) is 10.9 Å². The zero-order valence-electron chi connectivity index (χ0n) is 14.0. The molecule has 0 spiro atoms. The molecular weight excluding hydrogens is 492 g/mol. The molecule has 136 valence electrons. The van der Waals surface area contributed by atoms with E-state index in [2.05, 4.69) is 0 Å². The van der Waals surface area contributed by atoms with Crippen LogP contribution in [0.25, 0.3) is 0 Å². The van der Waals surface area contributed by atoms with Crippen molar-refractivity contribution in [3.05, 3.63) is 0 Å². The fraction of sp³-hybridized carbons (Fsp3) is 1.00. The second-order valence-corrected chi connectivity index (χ2v) is 9.30. The van der Waals surface area contributed by atoms with Gasteiger partial charge in [0.15, 0.2) is 10.9 Å². The molecule has 0 aliphatic rings. The first-order valence-electron chi connectivity index (χ1n) is 4.38. The van der Waals surface area contributed by atoms with Crippen LogP contribution >= 0.6 is 0 Å². The standard InChI is InChI=1S/2C2H6O7S2.4Na/c2*3-2(11(7,8)9)1-10(4,5)6;;;;/h2*2-3H,1H2,(H,4,5,6)(H,7,8,9);;;;/q;;4*+1/p-4. The van der Waals surface area contributed by atoms with Crippen LogP contribution in [0.5, 0.6) is 0 Å². The molecule has 0 fully saturated rings. The van der Waals surface area contributed by atoms with Crippen LogP contribution in [0.2, 0.25) is 0 Å². The molecule has 0 aromatic rings. The third-order valence-electron chi connectivity index (χ3n) is 1.36. The van der Waals surface area contributed by atoms with Crippen LogP contribution in [-0.4, -0.2) is 84.5 Å². The van der Waals surface area contributed by atoms with Gasteiger partial charge < -0.3 is 28.4 Å². The molecule has 0 saturated carbocycles. The van der Waals surface area contributed by atoms with E-state index in [1.807, 2.05) is 0 Å². The van der Waals surface area contributed by atoms with Gasteiger partial charge in [-0.2, -0.15) is 0 Å². The summed E-state index contributed by atoms with van der Waals surface area (Å²) >= 11 is 0. The van der Waals surface area contributed by atoms with Crippen molar-refractivity contribution >= 4 is 40.5 Å². The maximum atomic E-state index is 9.80. The Morgan fingerprint density at radius 1 is 0.538 bits per heavy atom. The van der Waals surface area contributed by atoms with E-state index in [1.54, 1.807) is 0 Å². The molecule has 0 heterocycles. The molecule has 14 nitrogen and oxygen atoms in total. The van der Waals surface area contributed by atoms with E-state index in [4.69, 9.17) is 10.2 Å². The van der Waals surface area contributed by atoms with Gasteiger partial charge in [-0.15, -0.1) is 0 Å². The second kappa shape index (κ2) is 17.2. The molecule has 2 atom stereocenters. The smallest absolute Gasteiger partial charge is 0.748 e. The van der Waals surface area contributed by atoms with Crippen LogP contribution in [-0.2, 0) is 40.5 Å². The first-order valence-corrected chi connectivity index (χ1v) is 10.5. The number of aliphatic hydroxyl groups is 2. The van der Waals surface area contributed by atoms with Crippen LogP contribution in [0.15, 0.2) is 0 Å². The molecular formula is C4H8Na4O14S4. The monoisotopic (exact) mass is 500 g/mol. The minimum absolute atomic E-state index is 0. The molecule has 26 heavy (non-hydrogen) atoms. The van der Waals surface area contributed by atoms with Gasteiger partial charge in [0.05, 0.1) is 31.7 Å². The summed E-state index contributed by atoms with van der Waals surface area (Å²) in [7, 11) is -20.0. The van der Waals surface area contributed by atoms with Gasteiger partial charge in [0.25, 0.3) is 0 Å². The fourth-order valence-corrected chi connectivity index (χ4v) is 3.55. The van der Waals surface area contributed by atoms with Crippen molar-refractivity contribution < 1.29 is 180 Å². The summed E-state index contributed by atoms with van der Waals surface area (Å²) in [5, 5.41) is 16.5. The van der Waals surface area contributed by atoms with Crippen molar-refractivity contribution in [3.8, 4) is 0 Å². The van der Waals surface area contributed by atoms with Crippen LogP contribution < -0.4 is 118 Å². The molecule has 0 radical (unpaired) electrons. The zero-order valence-corrected chi connectivity index (χ0v) is 25.3. The summed E-state index contributed by atoms with van der Waals surface area (Å²) in [5.41, 5.74) is -5.35. The molecule has 2 unspecified atom stereocenters. The molecule has 0 aromatic heterocycles. The van der Waals surface area contributed by atoms with Crippen molar-refractivity contribution in [3.63, 3.8) is 0 Å². The molecule has 0 aliphatic heterocycles. The van der Waals surface area contributed by atoms with E-state index in [1.165, 1.54) is 0 Å². The Bertz CT molecular complexity index is 701. The van der Waals surface area contributed by atoms with Crippen LogP contribution in [0.4, 0.5) is 0 Å². The Morgan fingerprint density at radius 3 is 0.731 bits per heavy atom. The summed E-state index contributed by atoms with van der Waals surface area (Å²) < 4.78 is 117. The Labute approximate surface area is 239 Å². The van der Waals surface area contributed by atoms with Gasteiger partial charge in [0.2, 0.25) is 0 Å². The quantitative estimate of drug-likeness (QED) is 0.253. The van der Waals surface area contributed by atoms with Crippen molar-refractivity contribution in [1.82, 2.24) is 0 Å². The van der Waals surface area contributed by atoms with Crippen molar-refractivity contribution in [2.75, 3.05) is 11.5 Å². The van der Waals surface area contributed by atoms with E-state index < -0.39 is 62.9 Å².